The fourth-order valence-corrected chi connectivity index (χ4v) is 5.86. The van der Waals surface area contributed by atoms with Gasteiger partial charge >= 0.3 is 0 Å². The minimum atomic E-state index is -3.36. The average molecular weight is 408 g/mol. The minimum absolute atomic E-state index is 0.414. The van der Waals surface area contributed by atoms with Crippen molar-refractivity contribution in [2.45, 2.75) is 36.6 Å². The molecule has 9 heteroatoms. The molecule has 0 aromatic carbocycles. The molecule has 1 saturated heterocycles. The van der Waals surface area contributed by atoms with Crippen molar-refractivity contribution >= 4 is 27.3 Å². The van der Waals surface area contributed by atoms with Gasteiger partial charge in [-0.05, 0) is 37.1 Å². The molecule has 0 unspecified atom stereocenters. The summed E-state index contributed by atoms with van der Waals surface area (Å²) in [5, 5.41) is 6.41. The van der Waals surface area contributed by atoms with Crippen molar-refractivity contribution in [3.8, 4) is 0 Å². The second-order valence-electron chi connectivity index (χ2n) is 6.29. The Balaban J connectivity index is 1.55. The van der Waals surface area contributed by atoms with Gasteiger partial charge in [0.25, 0.3) is 10.0 Å². The van der Waals surface area contributed by atoms with Gasteiger partial charge in [-0.25, -0.2) is 8.42 Å². The van der Waals surface area contributed by atoms with Crippen LogP contribution >= 0.6 is 11.3 Å². The van der Waals surface area contributed by atoms with Crippen LogP contribution in [0.3, 0.4) is 0 Å². The molecule has 0 bridgehead atoms. The van der Waals surface area contributed by atoms with Gasteiger partial charge in [0, 0.05) is 31.2 Å². The molecule has 1 aliphatic rings. The molecule has 27 heavy (non-hydrogen) atoms. The van der Waals surface area contributed by atoms with Crippen LogP contribution in [0.4, 0.5) is 0 Å². The number of thiophene rings is 1. The van der Waals surface area contributed by atoms with E-state index in [2.05, 4.69) is 20.6 Å². The highest BCUT2D eigenvalue weighted by atomic mass is 32.2. The first-order valence-electron chi connectivity index (χ1n) is 9.03. The smallest absolute Gasteiger partial charge is 0.252 e. The zero-order valence-electron chi connectivity index (χ0n) is 15.4. The van der Waals surface area contributed by atoms with Crippen LogP contribution in [0.25, 0.3) is 0 Å². The number of guanidine groups is 1. The van der Waals surface area contributed by atoms with Gasteiger partial charge in [0.05, 0.1) is 18.8 Å². The highest BCUT2D eigenvalue weighted by molar-refractivity contribution is 7.91. The second-order valence-corrected chi connectivity index (χ2v) is 9.62. The zero-order chi connectivity index (χ0) is 19.1. The van der Waals surface area contributed by atoms with Crippen LogP contribution in [0.5, 0.6) is 0 Å². The van der Waals surface area contributed by atoms with Crippen molar-refractivity contribution in [1.82, 2.24) is 19.9 Å². The van der Waals surface area contributed by atoms with E-state index in [1.54, 1.807) is 23.6 Å². The van der Waals surface area contributed by atoms with Gasteiger partial charge < -0.3 is 10.6 Å². The van der Waals surface area contributed by atoms with E-state index in [4.69, 9.17) is 0 Å². The largest absolute Gasteiger partial charge is 0.352 e. The Labute approximate surface area is 164 Å². The van der Waals surface area contributed by atoms with Crippen LogP contribution in [0.15, 0.2) is 45.7 Å². The normalized spacial score (nSPS) is 16.3. The molecule has 0 amide bonds. The third kappa shape index (κ3) is 5.27. The lowest BCUT2D eigenvalue weighted by Crippen LogP contribution is -2.36. The quantitative estimate of drug-likeness (QED) is 0.566. The third-order valence-electron chi connectivity index (χ3n) is 4.36. The number of nitrogens with zero attached hydrogens (tertiary/aromatic N) is 3. The number of aromatic nitrogens is 1. The van der Waals surface area contributed by atoms with Gasteiger partial charge in [0.2, 0.25) is 0 Å². The molecule has 1 fully saturated rings. The highest BCUT2D eigenvalue weighted by Gasteiger charge is 2.27. The number of piperidine rings is 1. The fraction of sp³-hybridized carbons (Fsp3) is 0.444. The summed E-state index contributed by atoms with van der Waals surface area (Å²) in [6.45, 7) is 2.33. The first kappa shape index (κ1) is 19.8. The van der Waals surface area contributed by atoms with E-state index in [9.17, 15) is 8.42 Å². The number of pyridine rings is 1. The Hall–Kier alpha value is -1.97. The number of aliphatic imine (C=N–C) groups is 1. The lowest BCUT2D eigenvalue weighted by molar-refractivity contribution is 0.347. The van der Waals surface area contributed by atoms with Crippen molar-refractivity contribution < 1.29 is 8.42 Å². The molecule has 1 aliphatic heterocycles. The monoisotopic (exact) mass is 407 g/mol. The van der Waals surface area contributed by atoms with Gasteiger partial charge in [0.15, 0.2) is 5.96 Å². The SMILES string of the molecule is CN=C(NCc1ccccn1)NCc1ccc(S(=O)(=O)N2CCCCC2)s1. The molecule has 0 aliphatic carbocycles. The van der Waals surface area contributed by atoms with Crippen LogP contribution in [-0.4, -0.2) is 43.8 Å². The summed E-state index contributed by atoms with van der Waals surface area (Å²) < 4.78 is 27.5. The predicted molar refractivity (Wildman–Crippen MR) is 108 cm³/mol. The Morgan fingerprint density at radius 1 is 1.15 bits per heavy atom. The summed E-state index contributed by atoms with van der Waals surface area (Å²) in [6, 6.07) is 9.33. The standard InChI is InChI=1S/C18H25N5O2S2/c1-19-18(21-13-15-7-3-4-10-20-15)22-14-16-8-9-17(26-16)27(24,25)23-11-5-2-6-12-23/h3-4,7-10H,2,5-6,11-14H2,1H3,(H2,19,21,22). The van der Waals surface area contributed by atoms with E-state index < -0.39 is 10.0 Å². The van der Waals surface area contributed by atoms with Gasteiger partial charge in [-0.3, -0.25) is 9.98 Å². The molecule has 0 radical (unpaired) electrons. The zero-order valence-corrected chi connectivity index (χ0v) is 17.0. The molecule has 2 aromatic rings. The molecule has 3 heterocycles. The summed E-state index contributed by atoms with van der Waals surface area (Å²) in [4.78, 5) is 9.41. The highest BCUT2D eigenvalue weighted by Crippen LogP contribution is 2.26. The van der Waals surface area contributed by atoms with Crippen molar-refractivity contribution in [3.63, 3.8) is 0 Å². The van der Waals surface area contributed by atoms with E-state index in [1.165, 1.54) is 11.3 Å². The summed E-state index contributed by atoms with van der Waals surface area (Å²) in [5.74, 6) is 0.648. The number of hydrogen-bond donors (Lipinski definition) is 2. The Morgan fingerprint density at radius 3 is 2.63 bits per heavy atom. The Bertz CT molecular complexity index is 859. The van der Waals surface area contributed by atoms with Crippen molar-refractivity contribution in [3.05, 3.63) is 47.1 Å². The van der Waals surface area contributed by atoms with Crippen LogP contribution in [-0.2, 0) is 23.1 Å². The number of hydrogen-bond acceptors (Lipinski definition) is 5. The second kappa shape index (κ2) is 9.29. The van der Waals surface area contributed by atoms with Crippen molar-refractivity contribution in [2.24, 2.45) is 4.99 Å². The average Bonchev–Trinajstić information content (AvgIpc) is 3.19. The number of rotatable bonds is 6. The van der Waals surface area contributed by atoms with Gasteiger partial charge in [-0.2, -0.15) is 4.31 Å². The van der Waals surface area contributed by atoms with Crippen molar-refractivity contribution in [1.29, 1.82) is 0 Å². The summed E-state index contributed by atoms with van der Waals surface area (Å²) in [7, 11) is -1.66. The Kier molecular flexibility index (Phi) is 6.81. The first-order chi connectivity index (χ1) is 13.1. The van der Waals surface area contributed by atoms with Crippen LogP contribution < -0.4 is 10.6 Å². The first-order valence-corrected chi connectivity index (χ1v) is 11.3. The molecule has 7 nitrogen and oxygen atoms in total. The maximum absolute atomic E-state index is 12.7. The van der Waals surface area contributed by atoms with E-state index in [1.807, 2.05) is 24.3 Å². The molecule has 2 aromatic heterocycles. The van der Waals surface area contributed by atoms with E-state index in [0.29, 0.717) is 36.3 Å². The van der Waals surface area contributed by atoms with Crippen LogP contribution in [0, 0.1) is 0 Å². The topological polar surface area (TPSA) is 86.7 Å². The number of sulfonamides is 1. The van der Waals surface area contributed by atoms with Crippen LogP contribution in [0.1, 0.15) is 29.8 Å². The predicted octanol–water partition coefficient (Wildman–Crippen LogP) is 2.18. The van der Waals surface area contributed by atoms with Gasteiger partial charge in [-0.1, -0.05) is 12.5 Å². The van der Waals surface area contributed by atoms with Gasteiger partial charge in [-0.15, -0.1) is 11.3 Å². The van der Waals surface area contributed by atoms with E-state index >= 15 is 0 Å². The molecule has 146 valence electrons. The molecule has 0 saturated carbocycles. The molecular weight excluding hydrogens is 382 g/mol. The van der Waals surface area contributed by atoms with Crippen LogP contribution in [0.2, 0.25) is 0 Å². The maximum Gasteiger partial charge on any atom is 0.252 e. The minimum Gasteiger partial charge on any atom is -0.352 e. The summed E-state index contributed by atoms with van der Waals surface area (Å²) in [6.07, 6.45) is 4.74. The Morgan fingerprint density at radius 2 is 1.93 bits per heavy atom. The maximum atomic E-state index is 12.7. The van der Waals surface area contributed by atoms with E-state index in [0.717, 1.165) is 29.8 Å². The fourth-order valence-electron chi connectivity index (χ4n) is 2.89. The lowest BCUT2D eigenvalue weighted by Gasteiger charge is -2.25. The molecule has 2 N–H and O–H groups in total. The molecule has 0 atom stereocenters. The molecule has 0 spiro atoms. The lowest BCUT2D eigenvalue weighted by atomic mass is 10.2. The van der Waals surface area contributed by atoms with Gasteiger partial charge in [0.1, 0.15) is 4.21 Å². The number of nitrogens with one attached hydrogen (secondary N) is 2. The molecule has 3 rings (SSSR count). The van der Waals surface area contributed by atoms with E-state index in [-0.39, 0.29) is 0 Å². The molecular formula is C18H25N5O2S2. The summed E-state index contributed by atoms with van der Waals surface area (Å²) >= 11 is 1.31. The third-order valence-corrected chi connectivity index (χ3v) is 7.81. The van der Waals surface area contributed by atoms with Crippen molar-refractivity contribution in [2.75, 3.05) is 20.1 Å². The summed E-state index contributed by atoms with van der Waals surface area (Å²) in [5.41, 5.74) is 0.923.